The minimum Gasteiger partial charge on any atom is -0.399 e. The van der Waals surface area contributed by atoms with Gasteiger partial charge in [-0.2, -0.15) is 0 Å². The quantitative estimate of drug-likeness (QED) is 0.778. The second kappa shape index (κ2) is 5.26. The molecule has 1 atom stereocenters. The van der Waals surface area contributed by atoms with Crippen molar-refractivity contribution in [1.82, 2.24) is 4.90 Å². The molecule has 1 aromatic carbocycles. The van der Waals surface area contributed by atoms with Gasteiger partial charge in [0.25, 0.3) is 5.91 Å². The van der Waals surface area contributed by atoms with E-state index in [9.17, 15) is 14.0 Å². The largest absolute Gasteiger partial charge is 0.399 e. The predicted octanol–water partition coefficient (Wildman–Crippen LogP) is 0.888. The van der Waals surface area contributed by atoms with Crippen LogP contribution in [0.2, 0.25) is 0 Å². The van der Waals surface area contributed by atoms with E-state index in [0.717, 1.165) is 18.9 Å². The topological polar surface area (TPSA) is 89.4 Å². The van der Waals surface area contributed by atoms with E-state index in [1.807, 2.05) is 0 Å². The van der Waals surface area contributed by atoms with Crippen LogP contribution in [0.15, 0.2) is 18.2 Å². The van der Waals surface area contributed by atoms with Gasteiger partial charge in [0, 0.05) is 12.2 Å². The molecule has 2 rings (SSSR count). The van der Waals surface area contributed by atoms with Crippen LogP contribution >= 0.6 is 0 Å². The number of halogens is 1. The molecule has 0 aromatic heterocycles. The lowest BCUT2D eigenvalue weighted by Crippen LogP contribution is -2.50. The summed E-state index contributed by atoms with van der Waals surface area (Å²) in [5.74, 6) is -1.75. The van der Waals surface area contributed by atoms with E-state index in [-0.39, 0.29) is 11.3 Å². The van der Waals surface area contributed by atoms with Crippen molar-refractivity contribution in [2.24, 2.45) is 5.73 Å². The molecule has 1 heterocycles. The number of nitrogen functional groups attached to an aromatic ring is 1. The summed E-state index contributed by atoms with van der Waals surface area (Å²) in [6.07, 6.45) is 2.14. The third-order valence-corrected chi connectivity index (χ3v) is 3.32. The molecule has 6 heteroatoms. The lowest BCUT2D eigenvalue weighted by atomic mass is 10.00. The van der Waals surface area contributed by atoms with Crippen molar-refractivity contribution in [3.05, 3.63) is 29.6 Å². The van der Waals surface area contributed by atoms with E-state index >= 15 is 0 Å². The van der Waals surface area contributed by atoms with Gasteiger partial charge >= 0.3 is 0 Å². The number of primary amides is 1. The van der Waals surface area contributed by atoms with E-state index in [2.05, 4.69) is 0 Å². The van der Waals surface area contributed by atoms with Gasteiger partial charge in [-0.25, -0.2) is 4.39 Å². The third kappa shape index (κ3) is 2.67. The van der Waals surface area contributed by atoms with Gasteiger partial charge in [-0.05, 0) is 37.5 Å². The van der Waals surface area contributed by atoms with Crippen molar-refractivity contribution in [3.8, 4) is 0 Å². The van der Waals surface area contributed by atoms with Crippen molar-refractivity contribution >= 4 is 17.5 Å². The summed E-state index contributed by atoms with van der Waals surface area (Å²) in [6.45, 7) is 0.413. The normalized spacial score (nSPS) is 19.2. The zero-order valence-electron chi connectivity index (χ0n) is 10.4. The molecule has 1 aliphatic heterocycles. The van der Waals surface area contributed by atoms with Crippen molar-refractivity contribution < 1.29 is 14.0 Å². The van der Waals surface area contributed by atoms with Gasteiger partial charge in [0.15, 0.2) is 0 Å². The van der Waals surface area contributed by atoms with Gasteiger partial charge in [0.2, 0.25) is 5.91 Å². The fourth-order valence-electron chi connectivity index (χ4n) is 2.33. The Morgan fingerprint density at radius 3 is 2.68 bits per heavy atom. The van der Waals surface area contributed by atoms with E-state index in [0.29, 0.717) is 13.0 Å². The van der Waals surface area contributed by atoms with Crippen molar-refractivity contribution in [2.75, 3.05) is 12.3 Å². The highest BCUT2D eigenvalue weighted by molar-refractivity contribution is 5.97. The number of rotatable bonds is 2. The average Bonchev–Trinajstić information content (AvgIpc) is 2.38. The van der Waals surface area contributed by atoms with Gasteiger partial charge in [0.05, 0.1) is 5.56 Å². The number of nitrogens with zero attached hydrogens (tertiary/aromatic N) is 1. The van der Waals surface area contributed by atoms with Crippen molar-refractivity contribution in [3.63, 3.8) is 0 Å². The summed E-state index contributed by atoms with van der Waals surface area (Å²) in [5, 5.41) is 0. The predicted molar refractivity (Wildman–Crippen MR) is 68.7 cm³/mol. The van der Waals surface area contributed by atoms with Crippen LogP contribution in [0.3, 0.4) is 0 Å². The van der Waals surface area contributed by atoms with Crippen LogP contribution < -0.4 is 11.5 Å². The highest BCUT2D eigenvalue weighted by Crippen LogP contribution is 2.21. The first kappa shape index (κ1) is 13.3. The number of carbonyl (C=O) groups is 2. The zero-order valence-corrected chi connectivity index (χ0v) is 10.4. The molecule has 1 saturated heterocycles. The zero-order chi connectivity index (χ0) is 14.0. The number of hydrogen-bond acceptors (Lipinski definition) is 3. The molecule has 0 saturated carbocycles. The van der Waals surface area contributed by atoms with Crippen molar-refractivity contribution in [2.45, 2.75) is 25.3 Å². The minimum atomic E-state index is -0.682. The van der Waals surface area contributed by atoms with E-state index in [1.54, 1.807) is 0 Å². The lowest BCUT2D eigenvalue weighted by molar-refractivity contribution is -0.123. The standard InChI is InChI=1S/C13H16FN3O2/c14-10-7-8(15)4-5-9(10)13(19)17-6-2-1-3-11(17)12(16)18/h4-5,7,11H,1-3,6,15H2,(H2,16,18). The fourth-order valence-corrected chi connectivity index (χ4v) is 2.33. The van der Waals surface area contributed by atoms with Gasteiger partial charge in [-0.1, -0.05) is 0 Å². The molecule has 102 valence electrons. The molecule has 19 heavy (non-hydrogen) atoms. The molecule has 0 aliphatic carbocycles. The number of carbonyl (C=O) groups excluding carboxylic acids is 2. The number of amides is 2. The molecular weight excluding hydrogens is 249 g/mol. The highest BCUT2D eigenvalue weighted by Gasteiger charge is 2.32. The molecular formula is C13H16FN3O2. The SMILES string of the molecule is NC(=O)C1CCCCN1C(=O)c1ccc(N)cc1F. The second-order valence-corrected chi connectivity index (χ2v) is 4.65. The summed E-state index contributed by atoms with van der Waals surface area (Å²) in [6, 6.07) is 3.23. The Bertz CT molecular complexity index is 519. The second-order valence-electron chi connectivity index (χ2n) is 4.65. The van der Waals surface area contributed by atoms with Crippen LogP contribution in [-0.4, -0.2) is 29.3 Å². The van der Waals surface area contributed by atoms with Gasteiger partial charge in [-0.3, -0.25) is 9.59 Å². The monoisotopic (exact) mass is 265 g/mol. The molecule has 1 aromatic rings. The smallest absolute Gasteiger partial charge is 0.257 e. The van der Waals surface area contributed by atoms with E-state index < -0.39 is 23.7 Å². The Morgan fingerprint density at radius 2 is 2.05 bits per heavy atom. The molecule has 1 fully saturated rings. The van der Waals surface area contributed by atoms with Crippen LogP contribution in [-0.2, 0) is 4.79 Å². The van der Waals surface area contributed by atoms with Crippen LogP contribution in [0.5, 0.6) is 0 Å². The van der Waals surface area contributed by atoms with E-state index in [1.165, 1.54) is 17.0 Å². The Hall–Kier alpha value is -2.11. The van der Waals surface area contributed by atoms with Crippen LogP contribution in [0, 0.1) is 5.82 Å². The summed E-state index contributed by atoms with van der Waals surface area (Å²) in [5.41, 5.74) is 10.9. The Kier molecular flexibility index (Phi) is 3.69. The molecule has 2 amide bonds. The Balaban J connectivity index is 2.28. The average molecular weight is 265 g/mol. The third-order valence-electron chi connectivity index (χ3n) is 3.32. The summed E-state index contributed by atoms with van der Waals surface area (Å²) >= 11 is 0. The van der Waals surface area contributed by atoms with Crippen LogP contribution in [0.4, 0.5) is 10.1 Å². The number of nitrogens with two attached hydrogens (primary N) is 2. The first-order chi connectivity index (χ1) is 9.00. The maximum atomic E-state index is 13.7. The van der Waals surface area contributed by atoms with E-state index in [4.69, 9.17) is 11.5 Å². The lowest BCUT2D eigenvalue weighted by Gasteiger charge is -2.33. The van der Waals surface area contributed by atoms with Crippen LogP contribution in [0.25, 0.3) is 0 Å². The minimum absolute atomic E-state index is 0.0812. The number of likely N-dealkylation sites (tertiary alicyclic amines) is 1. The molecule has 0 bridgehead atoms. The maximum absolute atomic E-state index is 13.7. The molecule has 5 nitrogen and oxygen atoms in total. The first-order valence-corrected chi connectivity index (χ1v) is 6.16. The molecule has 0 radical (unpaired) electrons. The molecule has 4 N–H and O–H groups in total. The first-order valence-electron chi connectivity index (χ1n) is 6.16. The van der Waals surface area contributed by atoms with Gasteiger partial charge < -0.3 is 16.4 Å². The summed E-state index contributed by atoms with van der Waals surface area (Å²) in [4.78, 5) is 25.0. The Morgan fingerprint density at radius 1 is 1.32 bits per heavy atom. The van der Waals surface area contributed by atoms with Gasteiger partial charge in [0.1, 0.15) is 11.9 Å². The highest BCUT2D eigenvalue weighted by atomic mass is 19.1. The van der Waals surface area contributed by atoms with Crippen LogP contribution in [0.1, 0.15) is 29.6 Å². The van der Waals surface area contributed by atoms with Gasteiger partial charge in [-0.15, -0.1) is 0 Å². The number of anilines is 1. The molecule has 0 spiro atoms. The fraction of sp³-hybridized carbons (Fsp3) is 0.385. The number of benzene rings is 1. The number of piperidine rings is 1. The van der Waals surface area contributed by atoms with Crippen molar-refractivity contribution in [1.29, 1.82) is 0 Å². The summed E-state index contributed by atoms with van der Waals surface area (Å²) in [7, 11) is 0. The summed E-state index contributed by atoms with van der Waals surface area (Å²) < 4.78 is 13.7. The maximum Gasteiger partial charge on any atom is 0.257 e. The molecule has 1 unspecified atom stereocenters. The molecule has 1 aliphatic rings. The Labute approximate surface area is 110 Å². The number of hydrogen-bond donors (Lipinski definition) is 2.